The molecule has 0 nitrogen and oxygen atoms in total. The quantitative estimate of drug-likeness (QED) is 0.464. The summed E-state index contributed by atoms with van der Waals surface area (Å²) in [5.74, 6) is -0.139. The van der Waals surface area contributed by atoms with Gasteiger partial charge in [-0.05, 0) is 23.7 Å². The molecule has 10 heavy (non-hydrogen) atoms. The van der Waals surface area contributed by atoms with Crippen LogP contribution in [0.4, 0.5) is 4.39 Å². The molecule has 0 radical (unpaired) electrons. The van der Waals surface area contributed by atoms with Crippen LogP contribution in [0.25, 0.3) is 0 Å². The average Bonchev–Trinajstić information content (AvgIpc) is 1.88. The molecule has 1 unspecified atom stereocenters. The van der Waals surface area contributed by atoms with E-state index >= 15 is 0 Å². The van der Waals surface area contributed by atoms with E-state index in [0.717, 1.165) is 5.30 Å². The molecule has 0 aliphatic carbocycles. The van der Waals surface area contributed by atoms with Gasteiger partial charge in [-0.1, -0.05) is 6.07 Å². The summed E-state index contributed by atoms with van der Waals surface area (Å²) in [4.78, 5) is 0.700. The van der Waals surface area contributed by atoms with E-state index in [0.29, 0.717) is 4.90 Å². The van der Waals surface area contributed by atoms with E-state index < -0.39 is 0 Å². The summed E-state index contributed by atoms with van der Waals surface area (Å²) in [6.07, 6.45) is 1.86. The molecule has 0 N–H and O–H groups in total. The molecule has 0 fully saturated rings. The summed E-state index contributed by atoms with van der Waals surface area (Å²) < 4.78 is 12.8. The fourth-order valence-electron chi connectivity index (χ4n) is 0.683. The third-order valence-electron chi connectivity index (χ3n) is 1.18. The molecular weight excluding hydrogens is 166 g/mol. The maximum atomic E-state index is 12.8. The Morgan fingerprint density at radius 3 is 2.70 bits per heavy atom. The van der Waals surface area contributed by atoms with Crippen molar-refractivity contribution in [1.29, 1.82) is 0 Å². The van der Waals surface area contributed by atoms with Crippen LogP contribution in [0.3, 0.4) is 0 Å². The van der Waals surface area contributed by atoms with Crippen molar-refractivity contribution < 1.29 is 4.39 Å². The van der Waals surface area contributed by atoms with Gasteiger partial charge in [0.05, 0.1) is 0 Å². The van der Waals surface area contributed by atoms with Crippen molar-refractivity contribution in [3.8, 4) is 0 Å². The molecule has 0 spiro atoms. The average molecular weight is 174 g/mol. The van der Waals surface area contributed by atoms with Gasteiger partial charge in [-0.15, -0.1) is 21.0 Å². The number of rotatable bonds is 1. The lowest BCUT2D eigenvalue weighted by atomic mass is 10.3. The van der Waals surface area contributed by atoms with Gasteiger partial charge in [0.2, 0.25) is 0 Å². The lowest BCUT2D eigenvalue weighted by Crippen LogP contribution is -1.91. The molecule has 0 saturated heterocycles. The summed E-state index contributed by atoms with van der Waals surface area (Å²) >= 11 is 1.42. The van der Waals surface area contributed by atoms with Gasteiger partial charge < -0.3 is 0 Å². The predicted molar refractivity (Wildman–Crippen MR) is 47.5 cm³/mol. The molecule has 0 amide bonds. The van der Waals surface area contributed by atoms with Crippen LogP contribution in [-0.4, -0.2) is 6.26 Å². The van der Waals surface area contributed by atoms with Gasteiger partial charge in [-0.3, -0.25) is 0 Å². The third-order valence-corrected chi connectivity index (χ3v) is 2.31. The van der Waals surface area contributed by atoms with Gasteiger partial charge in [0, 0.05) is 4.90 Å². The smallest absolute Gasteiger partial charge is 0.137 e. The minimum atomic E-state index is -0.139. The monoisotopic (exact) mass is 174 g/mol. The maximum Gasteiger partial charge on any atom is 0.137 e. The molecule has 1 aromatic carbocycles. The van der Waals surface area contributed by atoms with Gasteiger partial charge in [0.15, 0.2) is 0 Å². The van der Waals surface area contributed by atoms with Crippen LogP contribution in [0.15, 0.2) is 23.1 Å². The van der Waals surface area contributed by atoms with Crippen LogP contribution < -0.4 is 5.30 Å². The number of hydrogen-bond donors (Lipinski definition) is 0. The lowest BCUT2D eigenvalue weighted by molar-refractivity contribution is 0.603. The van der Waals surface area contributed by atoms with E-state index in [2.05, 4.69) is 9.24 Å². The first-order valence-electron chi connectivity index (χ1n) is 2.83. The molecule has 1 rings (SSSR count). The number of benzene rings is 1. The Labute approximate surface area is 66.4 Å². The van der Waals surface area contributed by atoms with E-state index in [-0.39, 0.29) is 5.82 Å². The molecule has 0 aliphatic heterocycles. The number of halogens is 1. The van der Waals surface area contributed by atoms with Crippen LogP contribution in [0.1, 0.15) is 0 Å². The van der Waals surface area contributed by atoms with Gasteiger partial charge in [-0.25, -0.2) is 4.39 Å². The third kappa shape index (κ3) is 1.71. The van der Waals surface area contributed by atoms with Crippen molar-refractivity contribution in [2.45, 2.75) is 4.90 Å². The number of hydrogen-bond acceptors (Lipinski definition) is 1. The maximum absolute atomic E-state index is 12.8. The zero-order valence-corrected chi connectivity index (χ0v) is 7.57. The van der Waals surface area contributed by atoms with Gasteiger partial charge >= 0.3 is 0 Å². The highest BCUT2D eigenvalue weighted by Crippen LogP contribution is 2.17. The van der Waals surface area contributed by atoms with E-state index in [4.69, 9.17) is 0 Å². The van der Waals surface area contributed by atoms with Crippen molar-refractivity contribution in [2.75, 3.05) is 6.26 Å². The second-order valence-corrected chi connectivity index (χ2v) is 3.41. The van der Waals surface area contributed by atoms with Gasteiger partial charge in [0.1, 0.15) is 5.82 Å². The van der Waals surface area contributed by atoms with Crippen LogP contribution in [0, 0.1) is 5.82 Å². The normalized spacial score (nSPS) is 9.90. The van der Waals surface area contributed by atoms with Crippen LogP contribution in [-0.2, 0) is 0 Å². The van der Waals surface area contributed by atoms with Crippen molar-refractivity contribution in [2.24, 2.45) is 0 Å². The first kappa shape index (κ1) is 8.03. The Kier molecular flexibility index (Phi) is 2.70. The Hall–Kier alpha value is -0.0700. The summed E-state index contributed by atoms with van der Waals surface area (Å²) in [6.45, 7) is 0. The molecule has 0 aliphatic rings. The van der Waals surface area contributed by atoms with Gasteiger partial charge in [0.25, 0.3) is 0 Å². The first-order valence-corrected chi connectivity index (χ1v) is 4.63. The Morgan fingerprint density at radius 2 is 2.20 bits per heavy atom. The fourth-order valence-corrected chi connectivity index (χ4v) is 1.38. The summed E-state index contributed by atoms with van der Waals surface area (Å²) in [6, 6.07) is 5.17. The highest BCUT2D eigenvalue weighted by atomic mass is 32.2. The molecule has 1 aromatic rings. The molecule has 0 bridgehead atoms. The molecule has 0 aromatic heterocycles. The van der Waals surface area contributed by atoms with E-state index in [9.17, 15) is 4.39 Å². The number of thioether (sulfide) groups is 1. The molecule has 54 valence electrons. The largest absolute Gasteiger partial charge is 0.206 e. The SMILES string of the molecule is CSc1ccc(P)cc1F. The van der Waals surface area contributed by atoms with E-state index in [1.807, 2.05) is 12.3 Å². The van der Waals surface area contributed by atoms with Crippen LogP contribution in [0.2, 0.25) is 0 Å². The minimum Gasteiger partial charge on any atom is -0.206 e. The zero-order valence-electron chi connectivity index (χ0n) is 5.60. The Morgan fingerprint density at radius 1 is 1.50 bits per heavy atom. The van der Waals surface area contributed by atoms with Gasteiger partial charge in [-0.2, -0.15) is 0 Å². The molecule has 0 saturated carbocycles. The van der Waals surface area contributed by atoms with Crippen molar-refractivity contribution in [3.05, 3.63) is 24.0 Å². The molecular formula is C7H8FPS. The summed E-state index contributed by atoms with van der Waals surface area (Å²) in [7, 11) is 2.46. The first-order chi connectivity index (χ1) is 4.74. The van der Waals surface area contributed by atoms with E-state index in [1.54, 1.807) is 6.07 Å². The summed E-state index contributed by atoms with van der Waals surface area (Å²) in [5.41, 5.74) is 0. The minimum absolute atomic E-state index is 0.139. The van der Waals surface area contributed by atoms with Crippen molar-refractivity contribution in [3.63, 3.8) is 0 Å². The molecule has 0 heterocycles. The van der Waals surface area contributed by atoms with E-state index in [1.165, 1.54) is 17.8 Å². The Bertz CT molecular complexity index is 237. The molecule has 1 atom stereocenters. The Balaban J connectivity index is 3.07. The second kappa shape index (κ2) is 3.36. The fraction of sp³-hybridized carbons (Fsp3) is 0.143. The van der Waals surface area contributed by atoms with Crippen LogP contribution in [0.5, 0.6) is 0 Å². The molecule has 3 heteroatoms. The van der Waals surface area contributed by atoms with Crippen LogP contribution >= 0.6 is 21.0 Å². The van der Waals surface area contributed by atoms with Crippen molar-refractivity contribution in [1.82, 2.24) is 0 Å². The second-order valence-electron chi connectivity index (χ2n) is 1.89. The summed E-state index contributed by atoms with van der Waals surface area (Å²) in [5, 5.41) is 0.885. The highest BCUT2D eigenvalue weighted by molar-refractivity contribution is 7.98. The highest BCUT2D eigenvalue weighted by Gasteiger charge is 1.98. The standard InChI is InChI=1S/C7H8FPS/c1-10-7-3-2-5(9)4-6(7)8/h2-4H,9H2,1H3. The van der Waals surface area contributed by atoms with Crippen molar-refractivity contribution >= 4 is 26.3 Å². The predicted octanol–water partition coefficient (Wildman–Crippen LogP) is 2.05. The zero-order chi connectivity index (χ0) is 7.56. The lowest BCUT2D eigenvalue weighted by Gasteiger charge is -1.98. The topological polar surface area (TPSA) is 0 Å².